The SMILES string of the molecule is CC\C=C/C=C\C=C/C=C\C=C\C=C/C=C\CCCCCC(=O)OCC(COC(=O)CCCCCCCCCCCC)OC(=O)CCCCCCCCCCCC/C=C\C=C/CCCCC. The van der Waals surface area contributed by atoms with Crippen LogP contribution in [0.5, 0.6) is 0 Å². The summed E-state index contributed by atoms with van der Waals surface area (Å²) < 4.78 is 16.8. The molecule has 1 atom stereocenters. The summed E-state index contributed by atoms with van der Waals surface area (Å²) in [5.74, 6) is -0.948. The van der Waals surface area contributed by atoms with Crippen LogP contribution in [-0.4, -0.2) is 37.2 Å². The Bertz CT molecular complexity index is 1370. The molecule has 0 aromatic heterocycles. The molecule has 6 heteroatoms. The molecule has 374 valence electrons. The monoisotopic (exact) mass is 915 g/mol. The van der Waals surface area contributed by atoms with Crippen LogP contribution in [0.15, 0.2) is 109 Å². The summed E-state index contributed by atoms with van der Waals surface area (Å²) in [6, 6.07) is 0. The highest BCUT2D eigenvalue weighted by atomic mass is 16.6. The van der Waals surface area contributed by atoms with Gasteiger partial charge in [0.1, 0.15) is 13.2 Å². The van der Waals surface area contributed by atoms with Crippen LogP contribution in [-0.2, 0) is 28.6 Å². The standard InChI is InChI=1S/C60H98O6/c1-4-7-10-13-16-19-22-24-26-28-30-32-34-36-38-41-44-47-50-53-59(62)65-56-57(55-64-58(61)52-49-46-43-40-21-18-15-12-9-6-3)66-60(63)54-51-48-45-42-39-37-35-33-31-29-27-25-23-20-17-14-11-8-5-2/h7,10,13,16-17,19-20,22-26,28,30,32,34,36,38,57H,4-6,8-9,11-12,14-15,18,21,27,29,31,33,35,37,39-56H2,1-3H3/b10-7-,16-13-,20-17-,22-19-,25-23-,26-24-,30-28+,34-32-,38-36-. The van der Waals surface area contributed by atoms with Crippen molar-refractivity contribution in [2.24, 2.45) is 0 Å². The Balaban J connectivity index is 4.45. The quantitative estimate of drug-likeness (QED) is 0.0262. The molecule has 0 saturated carbocycles. The molecule has 0 bridgehead atoms. The van der Waals surface area contributed by atoms with E-state index in [0.29, 0.717) is 19.3 Å². The highest BCUT2D eigenvalue weighted by molar-refractivity contribution is 5.71. The third kappa shape index (κ3) is 51.1. The number of ether oxygens (including phenoxy) is 3. The first-order valence-electron chi connectivity index (χ1n) is 27.0. The minimum atomic E-state index is -0.799. The number of hydrogen-bond acceptors (Lipinski definition) is 6. The number of allylic oxidation sites excluding steroid dienone is 18. The molecule has 0 aliphatic rings. The molecule has 0 N–H and O–H groups in total. The summed E-state index contributed by atoms with van der Waals surface area (Å²) >= 11 is 0. The van der Waals surface area contributed by atoms with Gasteiger partial charge in [0.15, 0.2) is 6.10 Å². The normalized spacial score (nSPS) is 13.0. The third-order valence-corrected chi connectivity index (χ3v) is 11.2. The third-order valence-electron chi connectivity index (χ3n) is 11.2. The van der Waals surface area contributed by atoms with Crippen molar-refractivity contribution in [2.45, 2.75) is 239 Å². The number of rotatable bonds is 47. The second-order valence-corrected chi connectivity index (χ2v) is 17.6. The molecule has 0 amide bonds. The van der Waals surface area contributed by atoms with Crippen LogP contribution >= 0.6 is 0 Å². The van der Waals surface area contributed by atoms with E-state index in [-0.39, 0.29) is 31.1 Å². The maximum atomic E-state index is 12.8. The Labute approximate surface area is 406 Å². The Morgan fingerprint density at radius 3 is 0.985 bits per heavy atom. The number of carbonyl (C=O) groups excluding carboxylic acids is 3. The summed E-state index contributed by atoms with van der Waals surface area (Å²) in [6.45, 7) is 6.41. The molecule has 66 heavy (non-hydrogen) atoms. The van der Waals surface area contributed by atoms with E-state index in [1.807, 2.05) is 72.9 Å². The molecule has 0 heterocycles. The van der Waals surface area contributed by atoms with Crippen molar-refractivity contribution in [1.29, 1.82) is 0 Å². The van der Waals surface area contributed by atoms with Crippen LogP contribution < -0.4 is 0 Å². The van der Waals surface area contributed by atoms with Gasteiger partial charge in [0.25, 0.3) is 0 Å². The molecular formula is C60H98O6. The van der Waals surface area contributed by atoms with Crippen molar-refractivity contribution >= 4 is 17.9 Å². The molecule has 0 aliphatic heterocycles. The summed E-state index contributed by atoms with van der Waals surface area (Å²) in [5.41, 5.74) is 0. The molecular weight excluding hydrogens is 817 g/mol. The van der Waals surface area contributed by atoms with Gasteiger partial charge in [-0.1, -0.05) is 259 Å². The zero-order chi connectivity index (χ0) is 47.9. The molecule has 0 spiro atoms. The van der Waals surface area contributed by atoms with Gasteiger partial charge in [-0.05, 0) is 64.2 Å². The fraction of sp³-hybridized carbons (Fsp3) is 0.650. The van der Waals surface area contributed by atoms with Gasteiger partial charge in [0.05, 0.1) is 0 Å². The Hall–Kier alpha value is -3.93. The second-order valence-electron chi connectivity index (χ2n) is 17.6. The maximum absolute atomic E-state index is 12.8. The zero-order valence-corrected chi connectivity index (χ0v) is 42.7. The Morgan fingerprint density at radius 2 is 0.591 bits per heavy atom. The molecule has 0 aromatic carbocycles. The molecule has 6 nitrogen and oxygen atoms in total. The fourth-order valence-corrected chi connectivity index (χ4v) is 7.18. The second kappa shape index (κ2) is 53.7. The zero-order valence-electron chi connectivity index (χ0n) is 42.7. The van der Waals surface area contributed by atoms with Crippen molar-refractivity contribution in [1.82, 2.24) is 0 Å². The lowest BCUT2D eigenvalue weighted by atomic mass is 10.1. The lowest BCUT2D eigenvalue weighted by Crippen LogP contribution is -2.30. The van der Waals surface area contributed by atoms with Gasteiger partial charge in [-0.2, -0.15) is 0 Å². The highest BCUT2D eigenvalue weighted by Gasteiger charge is 2.19. The predicted molar refractivity (Wildman–Crippen MR) is 283 cm³/mol. The largest absolute Gasteiger partial charge is 0.462 e. The van der Waals surface area contributed by atoms with E-state index in [4.69, 9.17) is 14.2 Å². The smallest absolute Gasteiger partial charge is 0.306 e. The summed E-state index contributed by atoms with van der Waals surface area (Å²) in [6.07, 6.45) is 72.1. The molecule has 0 fully saturated rings. The van der Waals surface area contributed by atoms with Crippen molar-refractivity contribution in [3.8, 4) is 0 Å². The van der Waals surface area contributed by atoms with E-state index >= 15 is 0 Å². The van der Waals surface area contributed by atoms with Gasteiger partial charge in [-0.15, -0.1) is 0 Å². The van der Waals surface area contributed by atoms with Crippen LogP contribution in [0.4, 0.5) is 0 Å². The van der Waals surface area contributed by atoms with Gasteiger partial charge >= 0.3 is 17.9 Å². The topological polar surface area (TPSA) is 78.9 Å². The van der Waals surface area contributed by atoms with E-state index < -0.39 is 6.10 Å². The average molecular weight is 915 g/mol. The lowest BCUT2D eigenvalue weighted by molar-refractivity contribution is -0.167. The van der Waals surface area contributed by atoms with E-state index in [1.54, 1.807) is 0 Å². The predicted octanol–water partition coefficient (Wildman–Crippen LogP) is 17.9. The van der Waals surface area contributed by atoms with Crippen molar-refractivity contribution in [3.05, 3.63) is 109 Å². The highest BCUT2D eigenvalue weighted by Crippen LogP contribution is 2.15. The number of esters is 3. The van der Waals surface area contributed by atoms with Crippen LogP contribution in [0.2, 0.25) is 0 Å². The maximum Gasteiger partial charge on any atom is 0.306 e. The van der Waals surface area contributed by atoms with Gasteiger partial charge in [0.2, 0.25) is 0 Å². The van der Waals surface area contributed by atoms with Crippen molar-refractivity contribution in [2.75, 3.05) is 13.2 Å². The molecule has 0 radical (unpaired) electrons. The summed E-state index contributed by atoms with van der Waals surface area (Å²) in [4.78, 5) is 38.0. The fourth-order valence-electron chi connectivity index (χ4n) is 7.18. The van der Waals surface area contributed by atoms with E-state index in [9.17, 15) is 14.4 Å². The van der Waals surface area contributed by atoms with Crippen molar-refractivity contribution in [3.63, 3.8) is 0 Å². The minimum absolute atomic E-state index is 0.0945. The Kier molecular flexibility index (Phi) is 50.5. The van der Waals surface area contributed by atoms with Crippen molar-refractivity contribution < 1.29 is 28.6 Å². The van der Waals surface area contributed by atoms with Gasteiger partial charge < -0.3 is 14.2 Å². The minimum Gasteiger partial charge on any atom is -0.462 e. The first-order chi connectivity index (χ1) is 32.5. The molecule has 1 unspecified atom stereocenters. The number of carbonyl (C=O) groups is 3. The van der Waals surface area contributed by atoms with Gasteiger partial charge in [0, 0.05) is 19.3 Å². The number of unbranched alkanes of at least 4 members (excludes halogenated alkanes) is 25. The molecule has 0 aromatic rings. The molecule has 0 aliphatic carbocycles. The molecule has 0 saturated heterocycles. The van der Waals surface area contributed by atoms with E-state index in [0.717, 1.165) is 70.6 Å². The summed E-state index contributed by atoms with van der Waals surface area (Å²) in [5, 5.41) is 0. The van der Waals surface area contributed by atoms with E-state index in [1.165, 1.54) is 122 Å². The van der Waals surface area contributed by atoms with Gasteiger partial charge in [-0.25, -0.2) is 0 Å². The van der Waals surface area contributed by atoms with E-state index in [2.05, 4.69) is 57.2 Å². The van der Waals surface area contributed by atoms with Gasteiger partial charge in [-0.3, -0.25) is 14.4 Å². The Morgan fingerprint density at radius 1 is 0.318 bits per heavy atom. The first kappa shape index (κ1) is 62.1. The average Bonchev–Trinajstić information content (AvgIpc) is 3.31. The van der Waals surface area contributed by atoms with Crippen LogP contribution in [0.3, 0.4) is 0 Å². The number of hydrogen-bond donors (Lipinski definition) is 0. The van der Waals surface area contributed by atoms with Crippen LogP contribution in [0, 0.1) is 0 Å². The van der Waals surface area contributed by atoms with Crippen LogP contribution in [0.1, 0.15) is 233 Å². The summed E-state index contributed by atoms with van der Waals surface area (Å²) in [7, 11) is 0. The lowest BCUT2D eigenvalue weighted by Gasteiger charge is -2.18. The first-order valence-corrected chi connectivity index (χ1v) is 27.0. The van der Waals surface area contributed by atoms with Crippen LogP contribution in [0.25, 0.3) is 0 Å². The molecule has 0 rings (SSSR count).